The van der Waals surface area contributed by atoms with E-state index in [0.29, 0.717) is 0 Å². The number of allylic oxidation sites excluding steroid dienone is 1. The lowest BCUT2D eigenvalue weighted by molar-refractivity contribution is -0.142. The van der Waals surface area contributed by atoms with Crippen LogP contribution in [-0.2, 0) is 4.79 Å². The lowest BCUT2D eigenvalue weighted by atomic mass is 9.92. The molecule has 0 heterocycles. The average Bonchev–Trinajstić information content (AvgIpc) is 1.90. The third-order valence-electron chi connectivity index (χ3n) is 1.81. The third kappa shape index (κ3) is 2.21. The molecule has 0 aliphatic heterocycles. The van der Waals surface area contributed by atoms with Crippen LogP contribution in [0.5, 0.6) is 0 Å². The van der Waals surface area contributed by atoms with Crippen LogP contribution in [0, 0.1) is 11.8 Å². The summed E-state index contributed by atoms with van der Waals surface area (Å²) in [5.41, 5.74) is 0. The molecule has 0 saturated carbocycles. The summed E-state index contributed by atoms with van der Waals surface area (Å²) in [5.74, 6) is -0.938. The van der Waals surface area contributed by atoms with Crippen molar-refractivity contribution in [2.75, 3.05) is 0 Å². The highest BCUT2D eigenvalue weighted by Gasteiger charge is 2.18. The molecule has 0 fully saturated rings. The molecule has 0 aliphatic rings. The van der Waals surface area contributed by atoms with Crippen molar-refractivity contribution in [1.29, 1.82) is 0 Å². The first kappa shape index (κ1) is 9.21. The summed E-state index contributed by atoms with van der Waals surface area (Å²) < 4.78 is 0. The molecule has 2 atom stereocenters. The number of hydrogen-bond donors (Lipinski definition) is 1. The minimum atomic E-state index is -0.744. The number of hydrogen-bond acceptors (Lipinski definition) is 1. The summed E-state index contributed by atoms with van der Waals surface area (Å²) in [4.78, 5) is 10.4. The predicted molar refractivity (Wildman–Crippen MR) is 40.8 cm³/mol. The normalized spacial score (nSPS) is 15.8. The van der Waals surface area contributed by atoms with E-state index in [9.17, 15) is 4.79 Å². The maximum absolute atomic E-state index is 10.4. The van der Waals surface area contributed by atoms with Crippen molar-refractivity contribution in [3.63, 3.8) is 0 Å². The largest absolute Gasteiger partial charge is 0.481 e. The number of carboxylic acid groups (broad SMARTS) is 1. The molecule has 0 rings (SSSR count). The first-order valence-corrected chi connectivity index (χ1v) is 3.48. The van der Waals surface area contributed by atoms with Gasteiger partial charge in [0.15, 0.2) is 0 Å². The minimum absolute atomic E-state index is 0.109. The molecule has 0 radical (unpaired) electrons. The van der Waals surface area contributed by atoms with Crippen LogP contribution in [0.2, 0.25) is 0 Å². The van der Waals surface area contributed by atoms with Crippen LogP contribution in [0.4, 0.5) is 0 Å². The summed E-state index contributed by atoms with van der Waals surface area (Å²) in [7, 11) is 0. The van der Waals surface area contributed by atoms with Crippen molar-refractivity contribution < 1.29 is 9.90 Å². The second-order valence-corrected chi connectivity index (χ2v) is 2.43. The van der Waals surface area contributed by atoms with Gasteiger partial charge >= 0.3 is 5.97 Å². The zero-order chi connectivity index (χ0) is 8.15. The third-order valence-corrected chi connectivity index (χ3v) is 1.81. The van der Waals surface area contributed by atoms with Gasteiger partial charge in [0.1, 0.15) is 0 Å². The van der Waals surface area contributed by atoms with Crippen LogP contribution in [0.1, 0.15) is 20.3 Å². The Kier molecular flexibility index (Phi) is 3.77. The van der Waals surface area contributed by atoms with Gasteiger partial charge in [0.25, 0.3) is 0 Å². The summed E-state index contributed by atoms with van der Waals surface area (Å²) >= 11 is 0. The average molecular weight is 142 g/mol. The van der Waals surface area contributed by atoms with Crippen LogP contribution in [0.25, 0.3) is 0 Å². The second-order valence-electron chi connectivity index (χ2n) is 2.43. The summed E-state index contributed by atoms with van der Waals surface area (Å²) in [6.45, 7) is 7.24. The van der Waals surface area contributed by atoms with Crippen LogP contribution in [0.15, 0.2) is 12.7 Å². The first-order valence-electron chi connectivity index (χ1n) is 3.48. The van der Waals surface area contributed by atoms with Crippen LogP contribution < -0.4 is 0 Å². The van der Waals surface area contributed by atoms with Gasteiger partial charge in [-0.05, 0) is 12.3 Å². The smallest absolute Gasteiger partial charge is 0.306 e. The Bertz CT molecular complexity index is 129. The van der Waals surface area contributed by atoms with Crippen molar-refractivity contribution in [1.82, 2.24) is 0 Å². The van der Waals surface area contributed by atoms with E-state index >= 15 is 0 Å². The summed E-state index contributed by atoms with van der Waals surface area (Å²) in [6.07, 6.45) is 2.55. The van der Waals surface area contributed by atoms with Crippen LogP contribution >= 0.6 is 0 Å². The van der Waals surface area contributed by atoms with Gasteiger partial charge in [-0.25, -0.2) is 0 Å². The molecule has 0 amide bonds. The molecule has 0 aromatic rings. The molecular weight excluding hydrogens is 128 g/mol. The monoisotopic (exact) mass is 142 g/mol. The maximum Gasteiger partial charge on any atom is 0.306 e. The van der Waals surface area contributed by atoms with Gasteiger partial charge in [0, 0.05) is 0 Å². The molecule has 0 aliphatic carbocycles. The number of carbonyl (C=O) groups is 1. The Labute approximate surface area is 61.6 Å². The number of carboxylic acids is 1. The molecule has 2 heteroatoms. The quantitative estimate of drug-likeness (QED) is 0.609. The Hall–Kier alpha value is -0.790. The van der Waals surface area contributed by atoms with Gasteiger partial charge in [0.05, 0.1) is 5.92 Å². The zero-order valence-electron chi connectivity index (χ0n) is 6.50. The Morgan fingerprint density at radius 1 is 1.80 bits per heavy atom. The van der Waals surface area contributed by atoms with E-state index in [1.807, 2.05) is 6.92 Å². The molecule has 2 nitrogen and oxygen atoms in total. The van der Waals surface area contributed by atoms with Gasteiger partial charge in [-0.15, -0.1) is 6.58 Å². The van der Waals surface area contributed by atoms with Crippen molar-refractivity contribution >= 4 is 5.97 Å². The van der Waals surface area contributed by atoms with E-state index in [-0.39, 0.29) is 11.8 Å². The Balaban J connectivity index is 4.00. The first-order chi connectivity index (χ1) is 4.63. The topological polar surface area (TPSA) is 37.3 Å². The van der Waals surface area contributed by atoms with Crippen molar-refractivity contribution in [2.24, 2.45) is 11.8 Å². The second kappa shape index (κ2) is 4.09. The van der Waals surface area contributed by atoms with Gasteiger partial charge in [0.2, 0.25) is 0 Å². The SMILES string of the molecule is C=C[C@@H](CC)[C@@H](C)C(=O)O. The van der Waals surface area contributed by atoms with Gasteiger partial charge in [-0.3, -0.25) is 4.79 Å². The molecule has 0 aromatic carbocycles. The zero-order valence-corrected chi connectivity index (χ0v) is 6.50. The van der Waals surface area contributed by atoms with Gasteiger partial charge in [-0.2, -0.15) is 0 Å². The van der Waals surface area contributed by atoms with E-state index in [0.717, 1.165) is 6.42 Å². The van der Waals surface area contributed by atoms with Gasteiger partial charge in [-0.1, -0.05) is 19.9 Å². The standard InChI is InChI=1S/C8H14O2/c1-4-7(5-2)6(3)8(9)10/h4,6-7H,1,5H2,2-3H3,(H,9,10)/t6-,7+/m1/s1. The Morgan fingerprint density at radius 2 is 2.30 bits per heavy atom. The molecule has 0 spiro atoms. The molecule has 58 valence electrons. The highest BCUT2D eigenvalue weighted by molar-refractivity contribution is 5.70. The van der Waals surface area contributed by atoms with E-state index in [4.69, 9.17) is 5.11 Å². The van der Waals surface area contributed by atoms with Gasteiger partial charge < -0.3 is 5.11 Å². The molecule has 0 saturated heterocycles. The summed E-state index contributed by atoms with van der Waals surface area (Å²) in [5, 5.41) is 8.57. The molecular formula is C8H14O2. The highest BCUT2D eigenvalue weighted by Crippen LogP contribution is 2.15. The molecule has 10 heavy (non-hydrogen) atoms. The predicted octanol–water partition coefficient (Wildman–Crippen LogP) is 1.92. The lowest BCUT2D eigenvalue weighted by Gasteiger charge is -2.13. The molecule has 0 unspecified atom stereocenters. The summed E-state index contributed by atoms with van der Waals surface area (Å²) in [6, 6.07) is 0. The fourth-order valence-electron chi connectivity index (χ4n) is 0.907. The molecule has 0 bridgehead atoms. The fourth-order valence-corrected chi connectivity index (χ4v) is 0.907. The maximum atomic E-state index is 10.4. The minimum Gasteiger partial charge on any atom is -0.481 e. The molecule has 0 aromatic heterocycles. The fraction of sp³-hybridized carbons (Fsp3) is 0.625. The number of rotatable bonds is 4. The van der Waals surface area contributed by atoms with Crippen LogP contribution in [-0.4, -0.2) is 11.1 Å². The van der Waals surface area contributed by atoms with E-state index in [1.54, 1.807) is 13.0 Å². The lowest BCUT2D eigenvalue weighted by Crippen LogP contribution is -2.17. The number of aliphatic carboxylic acids is 1. The van der Waals surface area contributed by atoms with Crippen molar-refractivity contribution in [2.45, 2.75) is 20.3 Å². The van der Waals surface area contributed by atoms with Crippen molar-refractivity contribution in [3.05, 3.63) is 12.7 Å². The van der Waals surface area contributed by atoms with Crippen molar-refractivity contribution in [3.8, 4) is 0 Å². The Morgan fingerprint density at radius 3 is 2.40 bits per heavy atom. The van der Waals surface area contributed by atoms with E-state index in [2.05, 4.69) is 6.58 Å². The van der Waals surface area contributed by atoms with E-state index in [1.165, 1.54) is 0 Å². The molecule has 1 N–H and O–H groups in total. The highest BCUT2D eigenvalue weighted by atomic mass is 16.4. The van der Waals surface area contributed by atoms with Crippen LogP contribution in [0.3, 0.4) is 0 Å². The van der Waals surface area contributed by atoms with E-state index < -0.39 is 5.97 Å².